The summed E-state index contributed by atoms with van der Waals surface area (Å²) < 4.78 is 0. The van der Waals surface area contributed by atoms with Gasteiger partial charge in [0, 0.05) is 18.5 Å². The second-order valence-electron chi connectivity index (χ2n) is 4.91. The van der Waals surface area contributed by atoms with Crippen LogP contribution in [0.4, 0.5) is 0 Å². The zero-order valence-electron chi connectivity index (χ0n) is 10.9. The van der Waals surface area contributed by atoms with Crippen LogP contribution in [-0.4, -0.2) is 29.9 Å². The SMILES string of the molecule is CCC(C)N(CC)C(=O)C1CCCC1CN. The normalized spacial score (nSPS) is 26.8. The Morgan fingerprint density at radius 2 is 2.12 bits per heavy atom. The molecule has 1 aliphatic rings. The second-order valence-corrected chi connectivity index (χ2v) is 4.91. The van der Waals surface area contributed by atoms with Crippen LogP contribution >= 0.6 is 0 Å². The van der Waals surface area contributed by atoms with Gasteiger partial charge in [-0.3, -0.25) is 4.79 Å². The number of rotatable bonds is 5. The molecule has 0 aromatic rings. The van der Waals surface area contributed by atoms with E-state index < -0.39 is 0 Å². The van der Waals surface area contributed by atoms with Crippen molar-refractivity contribution in [2.75, 3.05) is 13.1 Å². The fourth-order valence-electron chi connectivity index (χ4n) is 2.76. The molecule has 3 atom stereocenters. The summed E-state index contributed by atoms with van der Waals surface area (Å²) in [5.74, 6) is 0.953. The fraction of sp³-hybridized carbons (Fsp3) is 0.923. The van der Waals surface area contributed by atoms with E-state index in [1.807, 2.05) is 4.90 Å². The van der Waals surface area contributed by atoms with Crippen molar-refractivity contribution < 1.29 is 4.79 Å². The third kappa shape index (κ3) is 2.76. The van der Waals surface area contributed by atoms with Crippen molar-refractivity contribution in [1.82, 2.24) is 4.90 Å². The number of carbonyl (C=O) groups excluding carboxylic acids is 1. The average Bonchev–Trinajstić information content (AvgIpc) is 2.77. The minimum absolute atomic E-state index is 0.193. The second kappa shape index (κ2) is 6.24. The van der Waals surface area contributed by atoms with E-state index in [9.17, 15) is 4.79 Å². The lowest BCUT2D eigenvalue weighted by Crippen LogP contribution is -2.43. The maximum atomic E-state index is 12.4. The number of hydrogen-bond donors (Lipinski definition) is 1. The first-order chi connectivity index (χ1) is 7.65. The van der Waals surface area contributed by atoms with E-state index in [1.165, 1.54) is 0 Å². The lowest BCUT2D eigenvalue weighted by molar-refractivity contribution is -0.138. The van der Waals surface area contributed by atoms with Gasteiger partial charge in [0.2, 0.25) is 5.91 Å². The minimum atomic E-state index is 0.193. The van der Waals surface area contributed by atoms with Gasteiger partial charge in [0.05, 0.1) is 0 Å². The van der Waals surface area contributed by atoms with Crippen molar-refractivity contribution >= 4 is 5.91 Å². The van der Waals surface area contributed by atoms with Gasteiger partial charge < -0.3 is 10.6 Å². The molecule has 1 aliphatic carbocycles. The summed E-state index contributed by atoms with van der Waals surface area (Å²) in [5, 5.41) is 0. The van der Waals surface area contributed by atoms with Crippen LogP contribution in [0.5, 0.6) is 0 Å². The van der Waals surface area contributed by atoms with E-state index in [4.69, 9.17) is 5.73 Å². The van der Waals surface area contributed by atoms with Crippen molar-refractivity contribution in [3.63, 3.8) is 0 Å². The molecule has 94 valence electrons. The molecule has 2 N–H and O–H groups in total. The predicted molar refractivity (Wildman–Crippen MR) is 67.0 cm³/mol. The highest BCUT2D eigenvalue weighted by molar-refractivity contribution is 5.79. The number of carbonyl (C=O) groups is 1. The van der Waals surface area contributed by atoms with Gasteiger partial charge in [-0.1, -0.05) is 13.3 Å². The summed E-state index contributed by atoms with van der Waals surface area (Å²) in [6.45, 7) is 7.82. The first-order valence-corrected chi connectivity index (χ1v) is 6.66. The molecule has 3 heteroatoms. The van der Waals surface area contributed by atoms with Crippen LogP contribution in [0.25, 0.3) is 0 Å². The van der Waals surface area contributed by atoms with E-state index in [0.29, 0.717) is 24.4 Å². The summed E-state index contributed by atoms with van der Waals surface area (Å²) in [6, 6.07) is 0.358. The molecule has 1 saturated carbocycles. The molecule has 0 aromatic carbocycles. The molecule has 3 nitrogen and oxygen atoms in total. The average molecular weight is 226 g/mol. The van der Waals surface area contributed by atoms with Crippen molar-refractivity contribution in [1.29, 1.82) is 0 Å². The number of hydrogen-bond acceptors (Lipinski definition) is 2. The van der Waals surface area contributed by atoms with Crippen LogP contribution in [-0.2, 0) is 4.79 Å². The van der Waals surface area contributed by atoms with Gasteiger partial charge in [-0.2, -0.15) is 0 Å². The zero-order chi connectivity index (χ0) is 12.1. The Hall–Kier alpha value is -0.570. The highest BCUT2D eigenvalue weighted by Gasteiger charge is 2.35. The third-order valence-corrected chi connectivity index (χ3v) is 4.03. The predicted octanol–water partition coefficient (Wildman–Crippen LogP) is 2.01. The molecular weight excluding hydrogens is 200 g/mol. The highest BCUT2D eigenvalue weighted by atomic mass is 16.2. The van der Waals surface area contributed by atoms with Gasteiger partial charge in [-0.05, 0) is 45.6 Å². The van der Waals surface area contributed by atoms with Crippen LogP contribution in [0.2, 0.25) is 0 Å². The minimum Gasteiger partial charge on any atom is -0.340 e. The van der Waals surface area contributed by atoms with Gasteiger partial charge in [0.25, 0.3) is 0 Å². The van der Waals surface area contributed by atoms with Crippen molar-refractivity contribution in [2.45, 2.75) is 52.5 Å². The molecule has 1 rings (SSSR count). The van der Waals surface area contributed by atoms with E-state index in [-0.39, 0.29) is 5.92 Å². The summed E-state index contributed by atoms with van der Waals surface area (Å²) >= 11 is 0. The molecule has 0 radical (unpaired) electrons. The van der Waals surface area contributed by atoms with Crippen molar-refractivity contribution in [3.8, 4) is 0 Å². The maximum Gasteiger partial charge on any atom is 0.226 e. The van der Waals surface area contributed by atoms with Crippen LogP contribution in [0.3, 0.4) is 0 Å². The zero-order valence-corrected chi connectivity index (χ0v) is 10.9. The van der Waals surface area contributed by atoms with Gasteiger partial charge in [-0.15, -0.1) is 0 Å². The molecule has 3 unspecified atom stereocenters. The molecular formula is C13H26N2O. The van der Waals surface area contributed by atoms with Crippen LogP contribution in [0.1, 0.15) is 46.5 Å². The largest absolute Gasteiger partial charge is 0.340 e. The molecule has 0 spiro atoms. The standard InChI is InChI=1S/C13H26N2O/c1-4-10(3)15(5-2)13(16)12-8-6-7-11(12)9-14/h10-12H,4-9,14H2,1-3H3. The summed E-state index contributed by atoms with van der Waals surface area (Å²) in [4.78, 5) is 14.4. The molecule has 1 amide bonds. The van der Waals surface area contributed by atoms with Gasteiger partial charge in [0.1, 0.15) is 0 Å². The monoisotopic (exact) mass is 226 g/mol. The first kappa shape index (κ1) is 13.5. The number of nitrogens with zero attached hydrogens (tertiary/aromatic N) is 1. The molecule has 0 aromatic heterocycles. The van der Waals surface area contributed by atoms with Crippen LogP contribution in [0, 0.1) is 11.8 Å². The maximum absolute atomic E-state index is 12.4. The lowest BCUT2D eigenvalue weighted by atomic mass is 9.94. The highest BCUT2D eigenvalue weighted by Crippen LogP contribution is 2.32. The Bertz CT molecular complexity index is 226. The third-order valence-electron chi connectivity index (χ3n) is 4.03. The van der Waals surface area contributed by atoms with E-state index in [0.717, 1.165) is 32.2 Å². The fourth-order valence-corrected chi connectivity index (χ4v) is 2.76. The lowest BCUT2D eigenvalue weighted by Gasteiger charge is -2.31. The van der Waals surface area contributed by atoms with Crippen molar-refractivity contribution in [3.05, 3.63) is 0 Å². The summed E-state index contributed by atoms with van der Waals surface area (Å²) in [7, 11) is 0. The molecule has 0 bridgehead atoms. The smallest absolute Gasteiger partial charge is 0.226 e. The Labute approximate surface area is 99.4 Å². The molecule has 0 heterocycles. The van der Waals surface area contributed by atoms with E-state index in [1.54, 1.807) is 0 Å². The number of nitrogens with two attached hydrogens (primary N) is 1. The summed E-state index contributed by atoms with van der Waals surface area (Å²) in [5.41, 5.74) is 5.74. The van der Waals surface area contributed by atoms with Gasteiger partial charge >= 0.3 is 0 Å². The van der Waals surface area contributed by atoms with Crippen molar-refractivity contribution in [2.24, 2.45) is 17.6 Å². The molecule has 16 heavy (non-hydrogen) atoms. The van der Waals surface area contributed by atoms with E-state index in [2.05, 4.69) is 20.8 Å². The number of amides is 1. The topological polar surface area (TPSA) is 46.3 Å². The molecule has 1 fully saturated rings. The van der Waals surface area contributed by atoms with E-state index >= 15 is 0 Å². The molecule has 0 saturated heterocycles. The van der Waals surface area contributed by atoms with Crippen LogP contribution < -0.4 is 5.73 Å². The Kier molecular flexibility index (Phi) is 5.26. The first-order valence-electron chi connectivity index (χ1n) is 6.66. The Balaban J connectivity index is 2.67. The van der Waals surface area contributed by atoms with Gasteiger partial charge in [-0.25, -0.2) is 0 Å². The van der Waals surface area contributed by atoms with Gasteiger partial charge in [0.15, 0.2) is 0 Å². The quantitative estimate of drug-likeness (QED) is 0.779. The summed E-state index contributed by atoms with van der Waals surface area (Å²) in [6.07, 6.45) is 4.36. The Morgan fingerprint density at radius 1 is 1.44 bits per heavy atom. The van der Waals surface area contributed by atoms with Crippen LogP contribution in [0.15, 0.2) is 0 Å². The Morgan fingerprint density at radius 3 is 2.62 bits per heavy atom. The molecule has 0 aliphatic heterocycles.